The number of carboxylic acids is 1. The second-order valence-electron chi connectivity index (χ2n) is 4.41. The number of nitrogens with zero attached hydrogens (tertiary/aromatic N) is 2. The van der Waals surface area contributed by atoms with Gasteiger partial charge in [-0.25, -0.2) is 0 Å². The molecular weight excluding hydrogens is 248 g/mol. The minimum Gasteiger partial charge on any atom is -0.480 e. The van der Waals surface area contributed by atoms with Gasteiger partial charge in [0.1, 0.15) is 12.2 Å². The van der Waals surface area contributed by atoms with E-state index in [0.29, 0.717) is 32.2 Å². The Kier molecular flexibility index (Phi) is 6.73. The minimum absolute atomic E-state index is 0.0279. The lowest BCUT2D eigenvalue weighted by molar-refractivity contribution is -0.138. The number of carbonyl (C=O) groups is 2. The van der Waals surface area contributed by atoms with Crippen LogP contribution in [0.4, 0.5) is 0 Å². The van der Waals surface area contributed by atoms with Gasteiger partial charge in [0.15, 0.2) is 0 Å². The van der Waals surface area contributed by atoms with Crippen LogP contribution in [-0.2, 0) is 9.59 Å². The smallest absolute Gasteiger partial charge is 0.320 e. The summed E-state index contributed by atoms with van der Waals surface area (Å²) in [6.07, 6.45) is 6.01. The van der Waals surface area contributed by atoms with E-state index in [1.807, 2.05) is 0 Å². The molecule has 1 aliphatic heterocycles. The second kappa shape index (κ2) is 8.36. The summed E-state index contributed by atoms with van der Waals surface area (Å²) < 4.78 is 0. The molecule has 1 heterocycles. The topological polar surface area (TPSA) is 117 Å². The maximum atomic E-state index is 11.5. The van der Waals surface area contributed by atoms with E-state index in [9.17, 15) is 9.59 Å². The number of nitrogens with two attached hydrogens (primary N) is 1. The molecule has 106 valence electrons. The van der Waals surface area contributed by atoms with Gasteiger partial charge in [0, 0.05) is 25.4 Å². The van der Waals surface area contributed by atoms with Gasteiger partial charge in [-0.05, 0) is 25.7 Å². The van der Waals surface area contributed by atoms with Gasteiger partial charge in [0.25, 0.3) is 0 Å². The zero-order valence-corrected chi connectivity index (χ0v) is 10.8. The van der Waals surface area contributed by atoms with Gasteiger partial charge in [0.2, 0.25) is 5.91 Å². The van der Waals surface area contributed by atoms with Crippen molar-refractivity contribution in [2.45, 2.75) is 44.3 Å². The highest BCUT2D eigenvalue weighted by atomic mass is 16.4. The summed E-state index contributed by atoms with van der Waals surface area (Å²) in [5.74, 6) is -1.01. The third-order valence-corrected chi connectivity index (χ3v) is 2.79. The van der Waals surface area contributed by atoms with Crippen molar-refractivity contribution in [2.75, 3.05) is 6.54 Å². The van der Waals surface area contributed by atoms with E-state index in [2.05, 4.69) is 15.3 Å². The van der Waals surface area contributed by atoms with Gasteiger partial charge >= 0.3 is 5.97 Å². The minimum atomic E-state index is -0.985. The number of carbonyl (C=O) groups excluding carboxylic acids is 1. The first kappa shape index (κ1) is 15.3. The van der Waals surface area contributed by atoms with Gasteiger partial charge < -0.3 is 16.2 Å². The predicted molar refractivity (Wildman–Crippen MR) is 72.5 cm³/mol. The molecule has 7 heteroatoms. The summed E-state index contributed by atoms with van der Waals surface area (Å²) >= 11 is 0. The predicted octanol–water partition coefficient (Wildman–Crippen LogP) is -0.0537. The summed E-state index contributed by atoms with van der Waals surface area (Å²) in [4.78, 5) is 30.0. The maximum Gasteiger partial charge on any atom is 0.320 e. The van der Waals surface area contributed by atoms with Crippen molar-refractivity contribution in [3.8, 4) is 0 Å². The molecule has 0 radical (unpaired) electrons. The van der Waals surface area contributed by atoms with E-state index in [4.69, 9.17) is 10.8 Å². The molecule has 0 bridgehead atoms. The van der Waals surface area contributed by atoms with Gasteiger partial charge in [-0.2, -0.15) is 0 Å². The summed E-state index contributed by atoms with van der Waals surface area (Å²) in [6.45, 7) is 0.544. The van der Waals surface area contributed by atoms with Crippen LogP contribution in [0.2, 0.25) is 0 Å². The van der Waals surface area contributed by atoms with Crippen LogP contribution in [-0.4, -0.2) is 48.2 Å². The molecule has 7 nitrogen and oxygen atoms in total. The first-order valence-electron chi connectivity index (χ1n) is 6.39. The Morgan fingerprint density at radius 3 is 2.63 bits per heavy atom. The van der Waals surface area contributed by atoms with Crippen molar-refractivity contribution in [3.63, 3.8) is 0 Å². The molecule has 1 atom stereocenters. The van der Waals surface area contributed by atoms with E-state index in [-0.39, 0.29) is 12.1 Å². The summed E-state index contributed by atoms with van der Waals surface area (Å²) in [6, 6.07) is -0.811. The molecule has 0 aromatic rings. The van der Waals surface area contributed by atoms with Crippen LogP contribution in [0.15, 0.2) is 9.98 Å². The molecule has 1 rings (SSSR count). The molecule has 0 aliphatic carbocycles. The van der Waals surface area contributed by atoms with Crippen molar-refractivity contribution in [2.24, 2.45) is 15.7 Å². The van der Waals surface area contributed by atoms with Crippen molar-refractivity contribution in [3.05, 3.63) is 0 Å². The lowest BCUT2D eigenvalue weighted by Gasteiger charge is -2.08. The largest absolute Gasteiger partial charge is 0.480 e. The first-order chi connectivity index (χ1) is 9.09. The number of aliphatic carboxylic acids is 1. The zero-order valence-electron chi connectivity index (χ0n) is 10.8. The highest BCUT2D eigenvalue weighted by Gasteiger charge is 2.11. The number of aliphatic imine (C=N–C) groups is 2. The van der Waals surface area contributed by atoms with Gasteiger partial charge in [-0.1, -0.05) is 0 Å². The number of carboxylic acid groups (broad SMARTS) is 1. The molecule has 1 aliphatic rings. The molecule has 0 saturated heterocycles. The molecule has 1 amide bonds. The fourth-order valence-electron chi connectivity index (χ4n) is 1.65. The molecular formula is C12H20N4O3. The molecule has 0 spiro atoms. The molecule has 0 aromatic heterocycles. The third kappa shape index (κ3) is 6.66. The molecule has 0 saturated carbocycles. The Morgan fingerprint density at radius 1 is 1.32 bits per heavy atom. The molecule has 4 N–H and O–H groups in total. The van der Waals surface area contributed by atoms with Crippen LogP contribution in [0.3, 0.4) is 0 Å². The van der Waals surface area contributed by atoms with Crippen LogP contribution in [0.1, 0.15) is 32.1 Å². The Labute approximate surface area is 112 Å². The van der Waals surface area contributed by atoms with E-state index in [1.165, 1.54) is 0 Å². The quantitative estimate of drug-likeness (QED) is 0.508. The van der Waals surface area contributed by atoms with E-state index >= 15 is 0 Å². The standard InChI is InChI=1S/C12H20N4O3/c13-9(12(18)19)3-1-2-6-16-11(17)5-4-10-14-7-8-15-10/h7-10H,1-6,13H2,(H,16,17)(H,18,19)/t9-/m0/s1. The Hall–Kier alpha value is -1.76. The molecule has 0 fully saturated rings. The average molecular weight is 268 g/mol. The third-order valence-electron chi connectivity index (χ3n) is 2.79. The maximum absolute atomic E-state index is 11.5. The lowest BCUT2D eigenvalue weighted by atomic mass is 10.1. The lowest BCUT2D eigenvalue weighted by Crippen LogP contribution is -2.30. The number of hydrogen-bond donors (Lipinski definition) is 3. The Balaban J connectivity index is 1.96. The number of unbranched alkanes of at least 4 members (excludes halogenated alkanes) is 1. The van der Waals surface area contributed by atoms with E-state index in [0.717, 1.165) is 6.42 Å². The van der Waals surface area contributed by atoms with Crippen LogP contribution in [0.5, 0.6) is 0 Å². The molecule has 0 unspecified atom stereocenters. The summed E-state index contributed by atoms with van der Waals surface area (Å²) in [5.41, 5.74) is 5.36. The normalized spacial score (nSPS) is 15.6. The Morgan fingerprint density at radius 2 is 2.00 bits per heavy atom. The fourth-order valence-corrected chi connectivity index (χ4v) is 1.65. The molecule has 0 aromatic carbocycles. The highest BCUT2D eigenvalue weighted by Crippen LogP contribution is 2.05. The van der Waals surface area contributed by atoms with Crippen LogP contribution < -0.4 is 11.1 Å². The summed E-state index contributed by atoms with van der Waals surface area (Å²) in [5, 5.41) is 11.4. The van der Waals surface area contributed by atoms with Crippen LogP contribution in [0, 0.1) is 0 Å². The zero-order chi connectivity index (χ0) is 14.1. The summed E-state index contributed by atoms with van der Waals surface area (Å²) in [7, 11) is 0. The number of nitrogens with one attached hydrogen (secondary N) is 1. The van der Waals surface area contributed by atoms with Crippen molar-refractivity contribution in [1.29, 1.82) is 0 Å². The monoisotopic (exact) mass is 268 g/mol. The Bertz CT molecular complexity index is 356. The average Bonchev–Trinajstić information content (AvgIpc) is 2.88. The van der Waals surface area contributed by atoms with E-state index in [1.54, 1.807) is 12.4 Å². The van der Waals surface area contributed by atoms with Crippen molar-refractivity contribution >= 4 is 24.3 Å². The van der Waals surface area contributed by atoms with Gasteiger partial charge in [-0.3, -0.25) is 19.6 Å². The van der Waals surface area contributed by atoms with Gasteiger partial charge in [-0.15, -0.1) is 0 Å². The van der Waals surface area contributed by atoms with Crippen LogP contribution >= 0.6 is 0 Å². The first-order valence-corrected chi connectivity index (χ1v) is 6.39. The van der Waals surface area contributed by atoms with Gasteiger partial charge in [0.05, 0.1) is 0 Å². The van der Waals surface area contributed by atoms with E-state index < -0.39 is 12.0 Å². The number of rotatable bonds is 9. The van der Waals surface area contributed by atoms with Crippen molar-refractivity contribution < 1.29 is 14.7 Å². The van der Waals surface area contributed by atoms with Crippen LogP contribution in [0.25, 0.3) is 0 Å². The van der Waals surface area contributed by atoms with Crippen molar-refractivity contribution in [1.82, 2.24) is 5.32 Å². The fraction of sp³-hybridized carbons (Fsp3) is 0.667. The SMILES string of the molecule is N[C@@H](CCCCNC(=O)CCC1N=CC=N1)C(=O)O. The number of amides is 1. The second-order valence-corrected chi connectivity index (χ2v) is 4.41. The number of hydrogen-bond acceptors (Lipinski definition) is 5. The molecule has 19 heavy (non-hydrogen) atoms. The highest BCUT2D eigenvalue weighted by molar-refractivity contribution is 6.17.